The molecule has 1 aromatic rings. The Bertz CT molecular complexity index is 664. The fourth-order valence-electron chi connectivity index (χ4n) is 3.14. The maximum absolute atomic E-state index is 12.4. The molecule has 1 aliphatic carbocycles. The number of nitrogens with zero attached hydrogens (tertiary/aromatic N) is 1. The summed E-state index contributed by atoms with van der Waals surface area (Å²) in [5.74, 6) is 0.593. The first-order valence-electron chi connectivity index (χ1n) is 8.72. The molecule has 1 aromatic heterocycles. The molecule has 0 radical (unpaired) electrons. The van der Waals surface area contributed by atoms with Crippen molar-refractivity contribution < 1.29 is 14.0 Å². The first kappa shape index (κ1) is 18.2. The highest BCUT2D eigenvalue weighted by Crippen LogP contribution is 2.32. The third-order valence-corrected chi connectivity index (χ3v) is 5.82. The van der Waals surface area contributed by atoms with E-state index in [1.54, 1.807) is 29.4 Å². The molecule has 134 valence electrons. The number of carbonyl (C=O) groups is 2. The molecule has 0 aromatic carbocycles. The maximum atomic E-state index is 12.4. The molecule has 2 heterocycles. The van der Waals surface area contributed by atoms with Gasteiger partial charge in [0.25, 0.3) is 5.91 Å². The van der Waals surface area contributed by atoms with Crippen LogP contribution < -0.4 is 5.32 Å². The molecule has 1 aliphatic heterocycles. The molecule has 0 bridgehead atoms. The van der Waals surface area contributed by atoms with Crippen LogP contribution in [0.4, 0.5) is 0 Å². The van der Waals surface area contributed by atoms with Crippen molar-refractivity contribution >= 4 is 46.2 Å². The highest BCUT2D eigenvalue weighted by molar-refractivity contribution is 8.26. The zero-order chi connectivity index (χ0) is 17.6. The van der Waals surface area contributed by atoms with Crippen LogP contribution in [0.2, 0.25) is 0 Å². The lowest BCUT2D eigenvalue weighted by Gasteiger charge is -2.23. The predicted molar refractivity (Wildman–Crippen MR) is 103 cm³/mol. The van der Waals surface area contributed by atoms with Gasteiger partial charge in [0.2, 0.25) is 5.91 Å². The normalized spacial score (nSPS) is 20.5. The van der Waals surface area contributed by atoms with Crippen molar-refractivity contribution in [2.24, 2.45) is 0 Å². The fraction of sp³-hybridized carbons (Fsp3) is 0.500. The van der Waals surface area contributed by atoms with Crippen molar-refractivity contribution in [3.8, 4) is 0 Å². The monoisotopic (exact) mass is 378 g/mol. The second kappa shape index (κ2) is 8.67. The summed E-state index contributed by atoms with van der Waals surface area (Å²) in [5, 5.41) is 3.10. The van der Waals surface area contributed by atoms with Gasteiger partial charge in [-0.25, -0.2) is 0 Å². The number of rotatable bonds is 6. The topological polar surface area (TPSA) is 62.6 Å². The Morgan fingerprint density at radius 1 is 1.40 bits per heavy atom. The lowest BCUT2D eigenvalue weighted by Crippen LogP contribution is -2.36. The molecule has 25 heavy (non-hydrogen) atoms. The fourth-order valence-corrected chi connectivity index (χ4v) is 4.43. The smallest absolute Gasteiger partial charge is 0.266 e. The molecular weight excluding hydrogens is 356 g/mol. The van der Waals surface area contributed by atoms with Crippen LogP contribution in [0.5, 0.6) is 0 Å². The highest BCUT2D eigenvalue weighted by atomic mass is 32.2. The van der Waals surface area contributed by atoms with Gasteiger partial charge in [-0.1, -0.05) is 43.2 Å². The van der Waals surface area contributed by atoms with E-state index in [9.17, 15) is 9.59 Å². The van der Waals surface area contributed by atoms with Crippen molar-refractivity contribution in [1.82, 2.24) is 10.2 Å². The van der Waals surface area contributed by atoms with Crippen molar-refractivity contribution in [3.05, 3.63) is 29.1 Å². The van der Waals surface area contributed by atoms with E-state index >= 15 is 0 Å². The lowest BCUT2D eigenvalue weighted by molar-refractivity contribution is -0.124. The summed E-state index contributed by atoms with van der Waals surface area (Å²) in [6, 6.07) is 3.90. The Morgan fingerprint density at radius 2 is 2.20 bits per heavy atom. The zero-order valence-corrected chi connectivity index (χ0v) is 15.7. The Kier molecular flexibility index (Phi) is 6.31. The molecule has 1 saturated carbocycles. The second-order valence-electron chi connectivity index (χ2n) is 6.35. The second-order valence-corrected chi connectivity index (χ2v) is 8.03. The number of thiocarbonyl (C=S) groups is 1. The van der Waals surface area contributed by atoms with Crippen LogP contribution in [-0.4, -0.2) is 33.6 Å². The van der Waals surface area contributed by atoms with Gasteiger partial charge in [0.1, 0.15) is 10.1 Å². The molecule has 7 heteroatoms. The minimum Gasteiger partial charge on any atom is -0.465 e. The van der Waals surface area contributed by atoms with E-state index in [-0.39, 0.29) is 11.8 Å². The molecule has 5 nitrogen and oxygen atoms in total. The minimum absolute atomic E-state index is 0.0727. The average Bonchev–Trinajstić information content (AvgIpc) is 3.19. The number of hydrogen-bond acceptors (Lipinski definition) is 5. The standard InChI is InChI=1S/C18H22N2O3S2/c21-16(19-13-6-2-1-3-7-13)9-4-10-20-17(22)15(25-18(20)24)12-14-8-5-11-23-14/h5,8,11-13H,1-4,6-7,9-10H2,(H,19,21)/b15-12+. The SMILES string of the molecule is O=C(CCCN1C(=O)/C(=C\c2ccco2)SC1=S)NC1CCCCC1. The van der Waals surface area contributed by atoms with Gasteiger partial charge in [-0.3, -0.25) is 14.5 Å². The van der Waals surface area contributed by atoms with Crippen molar-refractivity contribution in [2.75, 3.05) is 6.54 Å². The van der Waals surface area contributed by atoms with Gasteiger partial charge in [0.15, 0.2) is 0 Å². The van der Waals surface area contributed by atoms with Gasteiger partial charge < -0.3 is 9.73 Å². The van der Waals surface area contributed by atoms with Crippen molar-refractivity contribution in [1.29, 1.82) is 0 Å². The van der Waals surface area contributed by atoms with E-state index in [0.29, 0.717) is 40.4 Å². The van der Waals surface area contributed by atoms with Crippen LogP contribution in [0.25, 0.3) is 6.08 Å². The third kappa shape index (κ3) is 4.95. The van der Waals surface area contributed by atoms with Gasteiger partial charge in [0, 0.05) is 25.1 Å². The molecule has 2 aliphatic rings. The van der Waals surface area contributed by atoms with Crippen molar-refractivity contribution in [3.63, 3.8) is 0 Å². The first-order valence-corrected chi connectivity index (χ1v) is 9.94. The van der Waals surface area contributed by atoms with Crippen LogP contribution >= 0.6 is 24.0 Å². The molecule has 1 saturated heterocycles. The maximum Gasteiger partial charge on any atom is 0.266 e. The van der Waals surface area contributed by atoms with Gasteiger partial charge >= 0.3 is 0 Å². The molecule has 2 amide bonds. The predicted octanol–water partition coefficient (Wildman–Crippen LogP) is 3.71. The van der Waals surface area contributed by atoms with E-state index in [1.807, 2.05) is 0 Å². The number of amides is 2. The summed E-state index contributed by atoms with van der Waals surface area (Å²) in [4.78, 5) is 26.6. The van der Waals surface area contributed by atoms with Gasteiger partial charge in [-0.2, -0.15) is 0 Å². The number of nitrogens with one attached hydrogen (secondary N) is 1. The molecule has 0 spiro atoms. The Labute approximate surface area is 157 Å². The van der Waals surface area contributed by atoms with E-state index in [1.165, 1.54) is 31.0 Å². The molecule has 3 rings (SSSR count). The minimum atomic E-state index is -0.112. The third-order valence-electron chi connectivity index (χ3n) is 4.45. The molecular formula is C18H22N2O3S2. The highest BCUT2D eigenvalue weighted by Gasteiger charge is 2.31. The Morgan fingerprint density at radius 3 is 2.92 bits per heavy atom. The summed E-state index contributed by atoms with van der Waals surface area (Å²) in [6.45, 7) is 0.470. The number of hydrogen-bond donors (Lipinski definition) is 1. The van der Waals surface area contributed by atoms with Gasteiger partial charge in [0.05, 0.1) is 11.2 Å². The number of thioether (sulfide) groups is 1. The van der Waals surface area contributed by atoms with Crippen LogP contribution in [-0.2, 0) is 9.59 Å². The van der Waals surface area contributed by atoms with Crippen LogP contribution in [0.1, 0.15) is 50.7 Å². The van der Waals surface area contributed by atoms with Gasteiger partial charge in [-0.15, -0.1) is 0 Å². The van der Waals surface area contributed by atoms with Crippen LogP contribution in [0.3, 0.4) is 0 Å². The molecule has 1 N–H and O–H groups in total. The largest absolute Gasteiger partial charge is 0.465 e. The Balaban J connectivity index is 1.45. The summed E-state index contributed by atoms with van der Waals surface area (Å²) in [5.41, 5.74) is 0. The summed E-state index contributed by atoms with van der Waals surface area (Å²) in [6.07, 6.45) is 10.1. The van der Waals surface area contributed by atoms with Crippen LogP contribution in [0.15, 0.2) is 27.7 Å². The lowest BCUT2D eigenvalue weighted by atomic mass is 9.95. The van der Waals surface area contributed by atoms with Crippen molar-refractivity contribution in [2.45, 2.75) is 51.0 Å². The molecule has 2 fully saturated rings. The van der Waals surface area contributed by atoms with E-state index in [0.717, 1.165) is 12.8 Å². The quantitative estimate of drug-likeness (QED) is 0.604. The van der Waals surface area contributed by atoms with E-state index in [4.69, 9.17) is 16.6 Å². The first-order chi connectivity index (χ1) is 12.1. The van der Waals surface area contributed by atoms with E-state index < -0.39 is 0 Å². The van der Waals surface area contributed by atoms with Crippen LogP contribution in [0, 0.1) is 0 Å². The molecule has 0 unspecified atom stereocenters. The molecule has 0 atom stereocenters. The average molecular weight is 379 g/mol. The Hall–Kier alpha value is -1.60. The van der Waals surface area contributed by atoms with Gasteiger partial charge in [-0.05, 0) is 31.4 Å². The summed E-state index contributed by atoms with van der Waals surface area (Å²) in [7, 11) is 0. The number of carbonyl (C=O) groups excluding carboxylic acids is 2. The number of furan rings is 1. The summed E-state index contributed by atoms with van der Waals surface area (Å²) < 4.78 is 5.78. The van der Waals surface area contributed by atoms with E-state index in [2.05, 4.69) is 5.32 Å². The zero-order valence-electron chi connectivity index (χ0n) is 14.0. The summed E-state index contributed by atoms with van der Waals surface area (Å²) >= 11 is 6.57.